The van der Waals surface area contributed by atoms with Gasteiger partial charge in [0.1, 0.15) is 0 Å². The third-order valence-electron chi connectivity index (χ3n) is 4.16. The molecular weight excluding hydrogens is 394 g/mol. The van der Waals surface area contributed by atoms with E-state index in [1.165, 1.54) is 0 Å². The van der Waals surface area contributed by atoms with E-state index in [0.29, 0.717) is 0 Å². The molecule has 1 aliphatic rings. The van der Waals surface area contributed by atoms with Crippen molar-refractivity contribution < 1.29 is 0 Å². The summed E-state index contributed by atoms with van der Waals surface area (Å²) >= 11 is -1.70. The Morgan fingerprint density at radius 1 is 0.667 bits per heavy atom. The van der Waals surface area contributed by atoms with Gasteiger partial charge in [-0.3, -0.25) is 0 Å². The van der Waals surface area contributed by atoms with Gasteiger partial charge >= 0.3 is 141 Å². The molecule has 0 radical (unpaired) electrons. The number of rotatable bonds is 3. The van der Waals surface area contributed by atoms with Crippen molar-refractivity contribution in [2.75, 3.05) is 0 Å². The third-order valence-corrected chi connectivity index (χ3v) is 29.0. The summed E-state index contributed by atoms with van der Waals surface area (Å²) in [7, 11) is -2.51. The molecule has 0 aromatic heterocycles. The Morgan fingerprint density at radius 3 is 1.38 bits per heavy atom. The molecule has 0 saturated carbocycles. The summed E-state index contributed by atoms with van der Waals surface area (Å²) in [6.07, 6.45) is 0. The molecule has 1 aliphatic heterocycles. The van der Waals surface area contributed by atoms with Gasteiger partial charge < -0.3 is 0 Å². The zero-order chi connectivity index (χ0) is 16.0. The van der Waals surface area contributed by atoms with E-state index in [4.69, 9.17) is 0 Å². The first-order valence-electron chi connectivity index (χ1n) is 7.83. The minimum absolute atomic E-state index is 1.25. The summed E-state index contributed by atoms with van der Waals surface area (Å²) in [5, 5.41) is 0. The van der Waals surface area contributed by atoms with Gasteiger partial charge in [-0.25, -0.2) is 0 Å². The summed E-state index contributed by atoms with van der Waals surface area (Å²) in [6.45, 7) is 20.1. The molecule has 0 spiro atoms. The molecule has 1 aromatic rings. The molecule has 21 heavy (non-hydrogen) atoms. The Kier molecular flexibility index (Phi) is 4.83. The Hall–Kier alpha value is -0.0481. The Morgan fingerprint density at radius 2 is 1.05 bits per heavy atom. The molecule has 2 rings (SSSR count). The standard InChI is InChI=1S/C12H24Si2.C6H5.Sb/c1-11(9-13(3,4)5)12(2)10-14(6,7)8;1-2-4-6-5-3-1;/h1-8H3;1-5H;. The second-order valence-corrected chi connectivity index (χ2v) is 26.6. The molecule has 0 unspecified atom stereocenters. The first kappa shape index (κ1) is 17.3. The second kappa shape index (κ2) is 5.87. The number of allylic oxidation sites excluding steroid dienone is 2. The first-order chi connectivity index (χ1) is 9.55. The van der Waals surface area contributed by atoms with Gasteiger partial charge in [0.15, 0.2) is 0 Å². The van der Waals surface area contributed by atoms with Crippen molar-refractivity contribution in [1.82, 2.24) is 0 Å². The van der Waals surface area contributed by atoms with Gasteiger partial charge in [-0.2, -0.15) is 0 Å². The van der Waals surface area contributed by atoms with Crippen molar-refractivity contribution in [1.29, 1.82) is 0 Å². The second-order valence-electron chi connectivity index (χ2n) is 8.12. The van der Waals surface area contributed by atoms with Crippen LogP contribution in [-0.4, -0.2) is 36.4 Å². The van der Waals surface area contributed by atoms with Gasteiger partial charge in [0.2, 0.25) is 0 Å². The van der Waals surface area contributed by atoms with Crippen LogP contribution in [0, 0.1) is 0 Å². The van der Waals surface area contributed by atoms with Gasteiger partial charge in [-0.15, -0.1) is 0 Å². The summed E-state index contributed by atoms with van der Waals surface area (Å²) in [5.41, 5.74) is 3.36. The molecule has 0 amide bonds. The fraction of sp³-hybridized carbons (Fsp3) is 0.444. The number of hydrogen-bond acceptors (Lipinski definition) is 0. The monoisotopic (exact) mass is 422 g/mol. The van der Waals surface area contributed by atoms with E-state index in [1.807, 2.05) is 6.29 Å². The summed E-state index contributed by atoms with van der Waals surface area (Å²) < 4.78 is 5.59. The Labute approximate surface area is 140 Å². The zero-order valence-corrected chi connectivity index (χ0v) is 19.4. The van der Waals surface area contributed by atoms with E-state index in [2.05, 4.69) is 83.5 Å². The van der Waals surface area contributed by atoms with Crippen LogP contribution in [0.25, 0.3) is 0 Å². The molecule has 3 heteroatoms. The van der Waals surface area contributed by atoms with Gasteiger partial charge in [-0.05, 0) is 0 Å². The summed E-state index contributed by atoms with van der Waals surface area (Å²) in [6, 6.07) is 11.5. The van der Waals surface area contributed by atoms with Crippen LogP contribution < -0.4 is 3.51 Å². The van der Waals surface area contributed by atoms with E-state index in [0.717, 1.165) is 0 Å². The van der Waals surface area contributed by atoms with Crippen molar-refractivity contribution >= 4 is 39.9 Å². The maximum atomic E-state index is 2.55. The fourth-order valence-corrected chi connectivity index (χ4v) is 29.2. The maximum absolute atomic E-state index is 2.55. The van der Waals surface area contributed by atoms with Gasteiger partial charge in [-0.1, -0.05) is 0 Å². The van der Waals surface area contributed by atoms with Crippen LogP contribution in [0.1, 0.15) is 13.8 Å². The van der Waals surface area contributed by atoms with E-state index < -0.39 is 36.4 Å². The van der Waals surface area contributed by atoms with Gasteiger partial charge in [0.05, 0.1) is 0 Å². The van der Waals surface area contributed by atoms with E-state index in [9.17, 15) is 0 Å². The van der Waals surface area contributed by atoms with Crippen LogP contribution in [0.15, 0.2) is 47.8 Å². The molecule has 0 nitrogen and oxygen atoms in total. The van der Waals surface area contributed by atoms with Crippen molar-refractivity contribution in [2.24, 2.45) is 0 Å². The third kappa shape index (κ3) is 3.33. The molecule has 0 N–H and O–H groups in total. The number of benzene rings is 1. The molecule has 0 bridgehead atoms. The normalized spacial score (nSPS) is 17.9. The SMILES string of the molecule is CC1=[C]([Si](C)(C)C)[Sb]([c]2ccccc2)[C]([Si](C)(C)C)=C1C. The summed E-state index contributed by atoms with van der Waals surface area (Å²) in [5.74, 6) is 0. The van der Waals surface area contributed by atoms with Crippen molar-refractivity contribution in [3.8, 4) is 0 Å². The predicted octanol–water partition coefficient (Wildman–Crippen LogP) is 4.87. The number of hydrogen-bond donors (Lipinski definition) is 0. The van der Waals surface area contributed by atoms with Crippen molar-refractivity contribution in [2.45, 2.75) is 53.1 Å². The quantitative estimate of drug-likeness (QED) is 0.609. The van der Waals surface area contributed by atoms with Gasteiger partial charge in [0.25, 0.3) is 0 Å². The Bertz CT molecular complexity index is 562. The Balaban J connectivity index is 2.70. The van der Waals surface area contributed by atoms with Crippen LogP contribution in [0.3, 0.4) is 0 Å². The van der Waals surface area contributed by atoms with E-state index in [1.54, 1.807) is 14.7 Å². The molecular formula is C18H29SbSi2. The average molecular weight is 423 g/mol. The minimum atomic E-state index is -1.70. The van der Waals surface area contributed by atoms with Crippen molar-refractivity contribution in [3.05, 3.63) is 47.8 Å². The van der Waals surface area contributed by atoms with Crippen LogP contribution in [0.4, 0.5) is 0 Å². The molecule has 1 heterocycles. The molecule has 0 aliphatic carbocycles. The van der Waals surface area contributed by atoms with Crippen LogP contribution >= 0.6 is 0 Å². The first-order valence-corrected chi connectivity index (χ1v) is 18.7. The predicted molar refractivity (Wildman–Crippen MR) is 104 cm³/mol. The molecule has 114 valence electrons. The van der Waals surface area contributed by atoms with Crippen LogP contribution in [0.5, 0.6) is 0 Å². The molecule has 0 saturated heterocycles. The molecule has 1 aromatic carbocycles. The van der Waals surface area contributed by atoms with E-state index in [-0.39, 0.29) is 0 Å². The zero-order valence-electron chi connectivity index (χ0n) is 14.8. The van der Waals surface area contributed by atoms with Crippen LogP contribution in [0.2, 0.25) is 39.3 Å². The average Bonchev–Trinajstić information content (AvgIpc) is 2.62. The van der Waals surface area contributed by atoms with Gasteiger partial charge in [0, 0.05) is 0 Å². The topological polar surface area (TPSA) is 0 Å². The van der Waals surface area contributed by atoms with Crippen LogP contribution in [-0.2, 0) is 0 Å². The van der Waals surface area contributed by atoms with Crippen molar-refractivity contribution in [3.63, 3.8) is 0 Å². The molecule has 0 atom stereocenters. The fourth-order valence-electron chi connectivity index (χ4n) is 3.43. The van der Waals surface area contributed by atoms with E-state index >= 15 is 0 Å². The summed E-state index contributed by atoms with van der Waals surface area (Å²) in [4.78, 5) is 0. The molecule has 0 fully saturated rings.